The molecule has 0 saturated carbocycles. The molecule has 0 aliphatic rings. The zero-order valence-electron chi connectivity index (χ0n) is 10.6. The number of tetrazole rings is 1. The minimum absolute atomic E-state index is 0.151. The topological polar surface area (TPSA) is 80.9 Å². The molecule has 3 aromatic rings. The van der Waals surface area contributed by atoms with Crippen molar-refractivity contribution in [2.24, 2.45) is 0 Å². The van der Waals surface area contributed by atoms with Crippen molar-refractivity contribution in [3.63, 3.8) is 0 Å². The fraction of sp³-hybridized carbons (Fsp3) is 0. The summed E-state index contributed by atoms with van der Waals surface area (Å²) in [4.78, 5) is 12.4. The Labute approximate surface area is 128 Å². The van der Waals surface area contributed by atoms with Crippen LogP contribution in [0.25, 0.3) is 17.1 Å². The van der Waals surface area contributed by atoms with E-state index in [2.05, 4.69) is 31.3 Å². The monoisotopic (exact) mass is 344 g/mol. The molecule has 3 rings (SSSR count). The van der Waals surface area contributed by atoms with Gasteiger partial charge in [0.05, 0.1) is 11.3 Å². The summed E-state index contributed by atoms with van der Waals surface area (Å²) in [6, 6.07) is 14.2. The number of aromatic carboxylic acids is 1. The summed E-state index contributed by atoms with van der Waals surface area (Å²) in [6.45, 7) is 0. The van der Waals surface area contributed by atoms with Crippen molar-refractivity contribution < 1.29 is 9.90 Å². The predicted molar refractivity (Wildman–Crippen MR) is 79.2 cm³/mol. The Bertz CT molecular complexity index is 802. The van der Waals surface area contributed by atoms with E-state index in [1.807, 2.05) is 30.3 Å². The highest BCUT2D eigenvalue weighted by Gasteiger charge is 2.11. The SMILES string of the molecule is O=C(O)c1cc(Br)cc(-n2nnc(-c3ccccc3)n2)c1. The fourth-order valence-electron chi connectivity index (χ4n) is 1.84. The smallest absolute Gasteiger partial charge is 0.335 e. The average Bonchev–Trinajstić information content (AvgIpc) is 2.97. The summed E-state index contributed by atoms with van der Waals surface area (Å²) in [6.07, 6.45) is 0. The van der Waals surface area contributed by atoms with E-state index >= 15 is 0 Å². The third kappa shape index (κ3) is 2.82. The summed E-state index contributed by atoms with van der Waals surface area (Å²) < 4.78 is 0.635. The minimum atomic E-state index is -1.01. The van der Waals surface area contributed by atoms with Crippen molar-refractivity contribution in [2.45, 2.75) is 0 Å². The molecular weight excluding hydrogens is 336 g/mol. The van der Waals surface area contributed by atoms with Gasteiger partial charge < -0.3 is 5.11 Å². The molecule has 0 bridgehead atoms. The molecule has 7 heteroatoms. The molecule has 6 nitrogen and oxygen atoms in total. The largest absolute Gasteiger partial charge is 0.478 e. The van der Waals surface area contributed by atoms with Gasteiger partial charge in [0.1, 0.15) is 0 Å². The van der Waals surface area contributed by atoms with E-state index in [4.69, 9.17) is 5.11 Å². The van der Waals surface area contributed by atoms with Gasteiger partial charge in [0.15, 0.2) is 0 Å². The quantitative estimate of drug-likeness (QED) is 0.789. The van der Waals surface area contributed by atoms with Gasteiger partial charge in [-0.3, -0.25) is 0 Å². The van der Waals surface area contributed by atoms with Crippen molar-refractivity contribution >= 4 is 21.9 Å². The molecule has 1 aromatic heterocycles. The van der Waals surface area contributed by atoms with Crippen molar-refractivity contribution in [3.8, 4) is 17.1 Å². The number of rotatable bonds is 3. The molecule has 21 heavy (non-hydrogen) atoms. The third-order valence-electron chi connectivity index (χ3n) is 2.81. The van der Waals surface area contributed by atoms with Gasteiger partial charge in [-0.15, -0.1) is 15.0 Å². The molecule has 0 radical (unpaired) electrons. The first-order valence-corrected chi connectivity index (χ1v) is 6.82. The summed E-state index contributed by atoms with van der Waals surface area (Å²) >= 11 is 3.28. The van der Waals surface area contributed by atoms with Crippen LogP contribution in [0.4, 0.5) is 0 Å². The number of halogens is 1. The van der Waals surface area contributed by atoms with E-state index < -0.39 is 5.97 Å². The van der Waals surface area contributed by atoms with Crippen LogP contribution in [-0.4, -0.2) is 31.3 Å². The molecule has 104 valence electrons. The lowest BCUT2D eigenvalue weighted by Gasteiger charge is -2.02. The second-order valence-electron chi connectivity index (χ2n) is 4.27. The molecule has 0 atom stereocenters. The Kier molecular flexibility index (Phi) is 3.49. The Morgan fingerprint density at radius 1 is 1.14 bits per heavy atom. The van der Waals surface area contributed by atoms with Crippen molar-refractivity contribution in [1.82, 2.24) is 20.2 Å². The van der Waals surface area contributed by atoms with E-state index in [0.29, 0.717) is 16.0 Å². The van der Waals surface area contributed by atoms with Crippen LogP contribution in [0, 0.1) is 0 Å². The van der Waals surface area contributed by atoms with Gasteiger partial charge in [0.2, 0.25) is 5.82 Å². The molecule has 0 aliphatic heterocycles. The van der Waals surface area contributed by atoms with Crippen molar-refractivity contribution in [2.75, 3.05) is 0 Å². The number of carboxylic acid groups (broad SMARTS) is 1. The lowest BCUT2D eigenvalue weighted by atomic mass is 10.2. The fourth-order valence-corrected chi connectivity index (χ4v) is 2.32. The van der Waals surface area contributed by atoms with Gasteiger partial charge >= 0.3 is 5.97 Å². The lowest BCUT2D eigenvalue weighted by molar-refractivity contribution is 0.0696. The Hall–Kier alpha value is -2.54. The molecule has 0 aliphatic carbocycles. The number of nitrogens with zero attached hydrogens (tertiary/aromatic N) is 4. The highest BCUT2D eigenvalue weighted by molar-refractivity contribution is 9.10. The second-order valence-corrected chi connectivity index (χ2v) is 5.19. The number of aromatic nitrogens is 4. The van der Waals surface area contributed by atoms with Crippen LogP contribution < -0.4 is 0 Å². The number of carbonyl (C=O) groups is 1. The van der Waals surface area contributed by atoms with Crippen LogP contribution in [0.5, 0.6) is 0 Å². The zero-order chi connectivity index (χ0) is 14.8. The maximum absolute atomic E-state index is 11.1. The maximum atomic E-state index is 11.1. The average molecular weight is 345 g/mol. The zero-order valence-corrected chi connectivity index (χ0v) is 12.2. The normalized spacial score (nSPS) is 10.5. The van der Waals surface area contributed by atoms with Crippen LogP contribution in [0.2, 0.25) is 0 Å². The molecular formula is C14H9BrN4O2. The van der Waals surface area contributed by atoms with Gasteiger partial charge in [-0.1, -0.05) is 46.3 Å². The number of carboxylic acids is 1. The molecule has 0 saturated heterocycles. The lowest BCUT2D eigenvalue weighted by Crippen LogP contribution is -2.03. The molecule has 0 fully saturated rings. The van der Waals surface area contributed by atoms with E-state index in [9.17, 15) is 4.79 Å². The van der Waals surface area contributed by atoms with Crippen molar-refractivity contribution in [1.29, 1.82) is 0 Å². The summed E-state index contributed by atoms with van der Waals surface area (Å²) in [5.74, 6) is -0.534. The molecule has 0 unspecified atom stereocenters. The first kappa shape index (κ1) is 13.4. The predicted octanol–water partition coefficient (Wildman–Crippen LogP) is 2.79. The van der Waals surface area contributed by atoms with Gasteiger partial charge in [-0.05, 0) is 23.4 Å². The molecule has 1 heterocycles. The first-order valence-electron chi connectivity index (χ1n) is 6.03. The number of benzene rings is 2. The van der Waals surface area contributed by atoms with Gasteiger partial charge in [0, 0.05) is 10.0 Å². The maximum Gasteiger partial charge on any atom is 0.335 e. The minimum Gasteiger partial charge on any atom is -0.478 e. The Balaban J connectivity index is 2.02. The number of hydrogen-bond acceptors (Lipinski definition) is 4. The second kappa shape index (κ2) is 5.45. The van der Waals surface area contributed by atoms with E-state index in [1.165, 1.54) is 16.9 Å². The van der Waals surface area contributed by atoms with E-state index in [0.717, 1.165) is 5.56 Å². The van der Waals surface area contributed by atoms with E-state index in [1.54, 1.807) is 6.07 Å². The molecule has 0 amide bonds. The van der Waals surface area contributed by atoms with Gasteiger partial charge in [-0.2, -0.15) is 0 Å². The van der Waals surface area contributed by atoms with Gasteiger partial charge in [0.25, 0.3) is 0 Å². The van der Waals surface area contributed by atoms with Gasteiger partial charge in [-0.25, -0.2) is 4.79 Å². The first-order chi connectivity index (χ1) is 10.1. The third-order valence-corrected chi connectivity index (χ3v) is 3.26. The van der Waals surface area contributed by atoms with Crippen LogP contribution in [0.15, 0.2) is 53.0 Å². The Morgan fingerprint density at radius 2 is 1.90 bits per heavy atom. The highest BCUT2D eigenvalue weighted by atomic mass is 79.9. The molecule has 1 N–H and O–H groups in total. The van der Waals surface area contributed by atoms with Crippen molar-refractivity contribution in [3.05, 3.63) is 58.6 Å². The van der Waals surface area contributed by atoms with Crippen LogP contribution in [0.1, 0.15) is 10.4 Å². The summed E-state index contributed by atoms with van der Waals surface area (Å²) in [5, 5.41) is 21.3. The summed E-state index contributed by atoms with van der Waals surface area (Å²) in [5.41, 5.74) is 1.52. The molecule has 2 aromatic carbocycles. The molecule has 0 spiro atoms. The van der Waals surface area contributed by atoms with Crippen LogP contribution in [0.3, 0.4) is 0 Å². The standard InChI is InChI=1S/C14H9BrN4O2/c15-11-6-10(14(20)21)7-12(8-11)19-17-13(16-18-19)9-4-2-1-3-5-9/h1-8H,(H,20,21). The van der Waals surface area contributed by atoms with E-state index in [-0.39, 0.29) is 5.56 Å². The summed E-state index contributed by atoms with van der Waals surface area (Å²) in [7, 11) is 0. The number of hydrogen-bond donors (Lipinski definition) is 1. The van der Waals surface area contributed by atoms with Crippen LogP contribution in [-0.2, 0) is 0 Å². The highest BCUT2D eigenvalue weighted by Crippen LogP contribution is 2.19. The Morgan fingerprint density at radius 3 is 2.62 bits per heavy atom. The van der Waals surface area contributed by atoms with Crippen LogP contribution >= 0.6 is 15.9 Å².